The van der Waals surface area contributed by atoms with E-state index in [2.05, 4.69) is 94.1 Å². The minimum Gasteiger partial charge on any atom is -0.480 e. The molecule has 0 aliphatic carbocycles. The number of aliphatic hydroxyl groups excluding tert-OH is 1. The van der Waals surface area contributed by atoms with Crippen LogP contribution in [-0.4, -0.2) is 261 Å². The van der Waals surface area contributed by atoms with Gasteiger partial charge < -0.3 is 135 Å². The van der Waals surface area contributed by atoms with Gasteiger partial charge in [0.05, 0.1) is 25.0 Å². The number of carboxylic acids is 1. The molecule has 1 fully saturated rings. The van der Waals surface area contributed by atoms with Crippen molar-refractivity contribution >= 4 is 112 Å². The number of carbonyl (C=O) groups is 16. The van der Waals surface area contributed by atoms with E-state index in [9.17, 15) is 86.9 Å². The molecule has 2 rings (SSSR count). The van der Waals surface area contributed by atoms with Crippen molar-refractivity contribution < 1.29 is 86.9 Å². The minimum atomic E-state index is -1.72. The Bertz CT molecular complexity index is 3700. The number of carboxylic acid groups (broad SMARTS) is 1. The quantitative estimate of drug-likeness (QED) is 0.0164. The van der Waals surface area contributed by atoms with Gasteiger partial charge in [0, 0.05) is 50.9 Å². The van der Waals surface area contributed by atoms with E-state index < -0.39 is 210 Å². The standard InChI is InChI=1S/C76H135N27O18/c1-14-39(8)56(99-61(108)43(12)92-63(110)47(21-17-27-86-74(79)80)93-55(106)35-89-60(107)42(11)91-64(111)48(22-18-28-87-75(81)82)95-65(112)50(25-26-54(78)105)94-62(109)46(77)31-37(4)5)70(117)98-51(32-38(6)7)67(114)97-52(33-45-34-85-36-90-45)68(115)100-57(40(9)15-2)72(119)103-30-20-24-53(103)69(116)102-59(44(13)104)71(118)96-49(23-19-29-88-76(83)84)66(113)101-58(73(120)121)41(10)16-3/h34,36-44,46-53,56-59,104H,14-33,35,77H2,1-13H3,(H2,78,105)(H,85,90)(H,89,107)(H,91,111)(H,92,110)(H,93,106)(H,94,109)(H,95,112)(H,96,118)(H,97,114)(H,98,117)(H,99,108)(H,100,115)(H,101,113)(H,102,116)(H,120,121)(H4,79,80,86)(H4,81,82,87)(H4,83,84,88)/t39-,40-,41-,42-,43-,44+,46-,47-,48-,49-,50-,51-,52-,53-,56-,57-,58-,59-/m0/s1. The van der Waals surface area contributed by atoms with Gasteiger partial charge in [0.2, 0.25) is 88.6 Å². The maximum absolute atomic E-state index is 14.9. The Labute approximate surface area is 705 Å². The van der Waals surface area contributed by atoms with Crippen molar-refractivity contribution in [2.24, 2.45) is 90.4 Å². The number of aromatic nitrogens is 2. The zero-order chi connectivity index (χ0) is 91.7. The SMILES string of the molecule is CC[C@H](C)[C@H](NC(=O)[C@H](CCCN=C(N)N)NC(=O)[C@@H](NC(=O)[C@@H]1CCCN1C(=O)[C@@H](NC(=O)[C@H](Cc1cnc[nH]1)NC(=O)[C@H](CC(C)C)NC(=O)[C@@H](NC(=O)[C@H](C)NC(=O)[C@H](CCCN=C(N)N)NC(=O)CNC(=O)[C@H](C)NC(=O)[C@H](CCCN=C(N)N)NC(=O)[C@H](CCC(N)=O)NC(=O)[C@@H](N)CC(C)C)[C@@H](C)CC)[C@@H](C)CC)[C@@H](C)O)C(=O)O. The highest BCUT2D eigenvalue weighted by Gasteiger charge is 2.44. The average Bonchev–Trinajstić information content (AvgIpc) is 1.72. The molecule has 682 valence electrons. The van der Waals surface area contributed by atoms with E-state index in [0.29, 0.717) is 25.0 Å². The summed E-state index contributed by atoms with van der Waals surface area (Å²) in [4.78, 5) is 241. The van der Waals surface area contributed by atoms with Gasteiger partial charge in [-0.1, -0.05) is 88.5 Å². The number of nitrogens with zero attached hydrogens (tertiary/aromatic N) is 5. The van der Waals surface area contributed by atoms with Gasteiger partial charge in [0.15, 0.2) is 17.9 Å². The van der Waals surface area contributed by atoms with Crippen LogP contribution in [0.25, 0.3) is 0 Å². The first-order chi connectivity index (χ1) is 56.8. The molecule has 0 spiro atoms. The van der Waals surface area contributed by atoms with Crippen LogP contribution in [0, 0.1) is 29.6 Å². The molecule has 1 aliphatic rings. The number of nitrogens with two attached hydrogens (primary N) is 8. The van der Waals surface area contributed by atoms with Gasteiger partial charge in [-0.3, -0.25) is 86.9 Å². The van der Waals surface area contributed by atoms with Crippen molar-refractivity contribution in [2.45, 2.75) is 283 Å². The molecule has 1 aromatic rings. The Balaban J connectivity index is 2.41. The molecule has 1 aliphatic heterocycles. The Morgan fingerprint density at radius 3 is 1.37 bits per heavy atom. The smallest absolute Gasteiger partial charge is 0.326 e. The molecule has 1 aromatic heterocycles. The number of aliphatic imine (C=N–C) groups is 3. The average molecular weight is 1720 g/mol. The van der Waals surface area contributed by atoms with Crippen LogP contribution in [0.2, 0.25) is 0 Å². The maximum atomic E-state index is 14.9. The number of guanidine groups is 3. The number of carbonyl (C=O) groups excluding carboxylic acids is 15. The predicted octanol–water partition coefficient (Wildman–Crippen LogP) is -6.63. The summed E-state index contributed by atoms with van der Waals surface area (Å²) in [6.45, 7) is 20.5. The maximum Gasteiger partial charge on any atom is 0.326 e. The molecule has 1 saturated heterocycles. The molecule has 121 heavy (non-hydrogen) atoms. The summed E-state index contributed by atoms with van der Waals surface area (Å²) in [7, 11) is 0. The van der Waals surface area contributed by atoms with E-state index in [1.165, 1.54) is 38.2 Å². The number of aromatic amines is 1. The normalized spacial score (nSPS) is 16.7. The van der Waals surface area contributed by atoms with Gasteiger partial charge in [0.1, 0.15) is 78.5 Å². The van der Waals surface area contributed by atoms with Gasteiger partial charge in [-0.05, 0) is 121 Å². The van der Waals surface area contributed by atoms with Crippen LogP contribution in [-0.2, 0) is 83.1 Å². The molecule has 32 N–H and O–H groups in total. The first kappa shape index (κ1) is 106. The largest absolute Gasteiger partial charge is 0.480 e. The van der Waals surface area contributed by atoms with Crippen molar-refractivity contribution in [3.8, 4) is 0 Å². The van der Waals surface area contributed by atoms with Gasteiger partial charge in [-0.25, -0.2) is 9.78 Å². The summed E-state index contributed by atoms with van der Waals surface area (Å²) in [5.41, 5.74) is 44.7. The van der Waals surface area contributed by atoms with Gasteiger partial charge in [0.25, 0.3) is 0 Å². The third kappa shape index (κ3) is 38.6. The van der Waals surface area contributed by atoms with Crippen molar-refractivity contribution in [3.63, 3.8) is 0 Å². The third-order valence-corrected chi connectivity index (χ3v) is 20.3. The number of amides is 15. The lowest BCUT2D eigenvalue weighted by atomic mass is 9.95. The van der Waals surface area contributed by atoms with Crippen molar-refractivity contribution in [2.75, 3.05) is 32.7 Å². The number of hydrogen-bond acceptors (Lipinski definition) is 22. The molecule has 0 radical (unpaired) electrons. The first-order valence-corrected chi connectivity index (χ1v) is 41.1. The Hall–Kier alpha value is -11.5. The lowest BCUT2D eigenvalue weighted by Gasteiger charge is -2.33. The number of primary amides is 1. The van der Waals surface area contributed by atoms with Crippen LogP contribution in [0.1, 0.15) is 192 Å². The number of hydrogen-bond donors (Lipinski definition) is 24. The third-order valence-electron chi connectivity index (χ3n) is 20.3. The van der Waals surface area contributed by atoms with Gasteiger partial charge in [-0.15, -0.1) is 0 Å². The number of H-pyrrole nitrogens is 1. The Morgan fingerprint density at radius 2 is 0.893 bits per heavy atom. The molecular weight excluding hydrogens is 1580 g/mol. The molecule has 0 bridgehead atoms. The van der Waals surface area contributed by atoms with Gasteiger partial charge >= 0.3 is 5.97 Å². The van der Waals surface area contributed by atoms with E-state index in [1.54, 1.807) is 55.4 Å². The second kappa shape index (κ2) is 53.9. The zero-order valence-electron chi connectivity index (χ0n) is 71.8. The Kier molecular flexibility index (Phi) is 47.0. The van der Waals surface area contributed by atoms with E-state index in [4.69, 9.17) is 45.9 Å². The predicted molar refractivity (Wildman–Crippen MR) is 447 cm³/mol. The lowest BCUT2D eigenvalue weighted by Crippen LogP contribution is -2.62. The second-order valence-electron chi connectivity index (χ2n) is 31.5. The second-order valence-corrected chi connectivity index (χ2v) is 31.5. The molecule has 2 heterocycles. The molecule has 0 saturated carbocycles. The molecular formula is C76H135N27O18. The summed E-state index contributed by atoms with van der Waals surface area (Å²) in [5.74, 6) is -17.0. The molecule has 0 unspecified atom stereocenters. The summed E-state index contributed by atoms with van der Waals surface area (Å²) < 4.78 is 0. The van der Waals surface area contributed by atoms with Crippen LogP contribution in [0.3, 0.4) is 0 Å². The lowest BCUT2D eigenvalue weighted by molar-refractivity contribution is -0.144. The summed E-state index contributed by atoms with van der Waals surface area (Å²) >= 11 is 0. The fourth-order valence-electron chi connectivity index (χ4n) is 12.7. The molecule has 45 heteroatoms. The van der Waals surface area contributed by atoms with Crippen molar-refractivity contribution in [1.82, 2.24) is 84.0 Å². The van der Waals surface area contributed by atoms with E-state index in [1.807, 2.05) is 13.8 Å². The zero-order valence-corrected chi connectivity index (χ0v) is 71.8. The number of rotatable bonds is 56. The van der Waals surface area contributed by atoms with E-state index in [0.717, 1.165) is 0 Å². The van der Waals surface area contributed by atoms with Crippen LogP contribution >= 0.6 is 0 Å². The number of imidazole rings is 1. The highest BCUT2D eigenvalue weighted by Crippen LogP contribution is 2.23. The highest BCUT2D eigenvalue weighted by atomic mass is 16.4. The van der Waals surface area contributed by atoms with Crippen molar-refractivity contribution in [3.05, 3.63) is 18.2 Å². The number of aliphatic hydroxyl groups is 1. The van der Waals surface area contributed by atoms with Crippen LogP contribution in [0.5, 0.6) is 0 Å². The number of aliphatic carboxylic acids is 1. The first-order valence-electron chi connectivity index (χ1n) is 41.1. The number of nitrogens with one attached hydrogen (secondary N) is 14. The number of likely N-dealkylation sites (tertiary alicyclic amines) is 1. The van der Waals surface area contributed by atoms with Crippen LogP contribution in [0.4, 0.5) is 0 Å². The van der Waals surface area contributed by atoms with E-state index >= 15 is 0 Å². The highest BCUT2D eigenvalue weighted by molar-refractivity contribution is 6.01. The topological polar surface area (TPSA) is 747 Å². The molecule has 45 nitrogen and oxygen atoms in total. The van der Waals surface area contributed by atoms with Crippen LogP contribution < -0.4 is 115 Å². The fourth-order valence-corrected chi connectivity index (χ4v) is 12.7. The summed E-state index contributed by atoms with van der Waals surface area (Å²) in [6, 6.07) is -19.3. The van der Waals surface area contributed by atoms with E-state index in [-0.39, 0.29) is 139 Å². The van der Waals surface area contributed by atoms with Crippen molar-refractivity contribution in [1.29, 1.82) is 0 Å². The monoisotopic (exact) mass is 1710 g/mol. The fraction of sp³-hybridized carbons (Fsp3) is 0.711. The molecule has 0 aromatic carbocycles. The molecule has 15 amide bonds. The summed E-state index contributed by atoms with van der Waals surface area (Å²) in [6.07, 6.45) is 1.94. The Morgan fingerprint density at radius 1 is 0.479 bits per heavy atom. The van der Waals surface area contributed by atoms with Gasteiger partial charge in [-0.2, -0.15) is 0 Å². The van der Waals surface area contributed by atoms with Crippen LogP contribution in [0.15, 0.2) is 27.5 Å². The minimum absolute atomic E-state index is 0.0107. The molecule has 18 atom stereocenters. The summed E-state index contributed by atoms with van der Waals surface area (Å²) in [5, 5.41) is 54.3.